The van der Waals surface area contributed by atoms with Crippen LogP contribution in [-0.2, 0) is 0 Å². The maximum absolute atomic E-state index is 13.2. The smallest absolute Gasteiger partial charge is 0.126 e. The predicted molar refractivity (Wildman–Crippen MR) is 87.3 cm³/mol. The van der Waals surface area contributed by atoms with Crippen LogP contribution in [0.25, 0.3) is 0 Å². The Hall–Kier alpha value is -0.960. The highest BCUT2D eigenvalue weighted by atomic mass is 35.5. The highest BCUT2D eigenvalue weighted by Crippen LogP contribution is 2.43. The minimum Gasteiger partial charge on any atom is -0.380 e. The monoisotopic (exact) mass is 343 g/mol. The molecule has 0 saturated heterocycles. The molecular formula is C16H13Cl3FN. The van der Waals surface area contributed by atoms with Gasteiger partial charge in [-0.05, 0) is 42.5 Å². The van der Waals surface area contributed by atoms with Crippen molar-refractivity contribution in [3.05, 3.63) is 62.8 Å². The van der Waals surface area contributed by atoms with Crippen LogP contribution in [0.4, 0.5) is 10.1 Å². The number of nitrogens with one attached hydrogen (secondary N) is 1. The lowest BCUT2D eigenvalue weighted by Crippen LogP contribution is -2.34. The molecule has 0 heterocycles. The first kappa shape index (κ1) is 15.0. The summed E-state index contributed by atoms with van der Waals surface area (Å²) < 4.78 is 13.2. The van der Waals surface area contributed by atoms with E-state index in [-0.39, 0.29) is 6.04 Å². The number of anilines is 1. The molecule has 21 heavy (non-hydrogen) atoms. The summed E-state index contributed by atoms with van der Waals surface area (Å²) in [5, 5.41) is 4.71. The van der Waals surface area contributed by atoms with Gasteiger partial charge in [0.05, 0.1) is 15.7 Å². The molecule has 1 aliphatic carbocycles. The van der Waals surface area contributed by atoms with Crippen molar-refractivity contribution in [1.82, 2.24) is 0 Å². The van der Waals surface area contributed by atoms with Gasteiger partial charge in [0.15, 0.2) is 0 Å². The lowest BCUT2D eigenvalue weighted by atomic mass is 9.76. The number of hydrogen-bond acceptors (Lipinski definition) is 1. The Bertz CT molecular complexity index is 645. The summed E-state index contributed by atoms with van der Waals surface area (Å²) >= 11 is 18.3. The minimum absolute atomic E-state index is 0.270. The summed E-state index contributed by atoms with van der Waals surface area (Å²) in [6, 6.07) is 10.7. The van der Waals surface area contributed by atoms with Crippen molar-refractivity contribution < 1.29 is 4.39 Å². The molecule has 5 heteroatoms. The average molecular weight is 345 g/mol. The highest BCUT2D eigenvalue weighted by Gasteiger charge is 2.32. The Morgan fingerprint density at radius 1 is 0.952 bits per heavy atom. The van der Waals surface area contributed by atoms with Gasteiger partial charge in [-0.2, -0.15) is 0 Å². The Labute approximate surface area is 138 Å². The van der Waals surface area contributed by atoms with Crippen molar-refractivity contribution in [3.63, 3.8) is 0 Å². The minimum atomic E-state index is -0.432. The summed E-state index contributed by atoms with van der Waals surface area (Å²) in [7, 11) is 0. The fourth-order valence-corrected chi connectivity index (χ4v) is 3.54. The molecule has 2 aromatic rings. The fourth-order valence-electron chi connectivity index (χ4n) is 2.68. The molecule has 0 radical (unpaired) electrons. The van der Waals surface area contributed by atoms with Crippen LogP contribution in [0.2, 0.25) is 15.1 Å². The van der Waals surface area contributed by atoms with Crippen molar-refractivity contribution >= 4 is 40.5 Å². The summed E-state index contributed by atoms with van der Waals surface area (Å²) in [4.78, 5) is 0. The molecule has 110 valence electrons. The summed E-state index contributed by atoms with van der Waals surface area (Å²) in [5.74, 6) is 0.00676. The van der Waals surface area contributed by atoms with E-state index >= 15 is 0 Å². The second kappa shape index (κ2) is 6.04. The number of halogens is 4. The molecule has 0 bridgehead atoms. The largest absolute Gasteiger partial charge is 0.380 e. The Balaban J connectivity index is 1.67. The first-order valence-electron chi connectivity index (χ1n) is 6.70. The molecule has 0 unspecified atom stereocenters. The zero-order valence-electron chi connectivity index (χ0n) is 11.0. The van der Waals surface area contributed by atoms with Gasteiger partial charge in [0.1, 0.15) is 5.82 Å². The molecule has 3 rings (SSSR count). The standard InChI is InChI=1S/C16H13Cl3FN/c17-13-4-2-1-3-12(13)9-5-11(6-9)21-16-14(18)7-10(20)8-15(16)19/h1-4,7-9,11,21H,5-6H2. The molecule has 2 aromatic carbocycles. The van der Waals surface area contributed by atoms with Crippen molar-refractivity contribution in [2.45, 2.75) is 24.8 Å². The third-order valence-corrected chi connectivity index (χ3v) is 4.78. The second-order valence-electron chi connectivity index (χ2n) is 5.28. The summed E-state index contributed by atoms with van der Waals surface area (Å²) in [6.07, 6.45) is 1.90. The van der Waals surface area contributed by atoms with E-state index < -0.39 is 5.82 Å². The van der Waals surface area contributed by atoms with Crippen molar-refractivity contribution in [1.29, 1.82) is 0 Å². The molecule has 0 amide bonds. The van der Waals surface area contributed by atoms with Gasteiger partial charge in [0.25, 0.3) is 0 Å². The summed E-state index contributed by atoms with van der Waals surface area (Å²) in [6.45, 7) is 0. The van der Waals surface area contributed by atoms with Gasteiger partial charge in [-0.15, -0.1) is 0 Å². The van der Waals surface area contributed by atoms with Gasteiger partial charge in [0, 0.05) is 11.1 Å². The van der Waals surface area contributed by atoms with E-state index in [1.807, 2.05) is 18.2 Å². The fraction of sp³-hybridized carbons (Fsp3) is 0.250. The van der Waals surface area contributed by atoms with E-state index in [0.717, 1.165) is 17.9 Å². The van der Waals surface area contributed by atoms with Crippen LogP contribution in [0.5, 0.6) is 0 Å². The van der Waals surface area contributed by atoms with Crippen LogP contribution in [-0.4, -0.2) is 6.04 Å². The van der Waals surface area contributed by atoms with Crippen LogP contribution < -0.4 is 5.32 Å². The maximum Gasteiger partial charge on any atom is 0.126 e. The normalized spacial score (nSPS) is 21.0. The Morgan fingerprint density at radius 3 is 2.19 bits per heavy atom. The van der Waals surface area contributed by atoms with Crippen LogP contribution in [0.3, 0.4) is 0 Å². The topological polar surface area (TPSA) is 12.0 Å². The number of benzene rings is 2. The quantitative estimate of drug-likeness (QED) is 0.704. The molecule has 1 nitrogen and oxygen atoms in total. The lowest BCUT2D eigenvalue weighted by molar-refractivity contribution is 0.374. The maximum atomic E-state index is 13.2. The molecular weight excluding hydrogens is 332 g/mol. The number of rotatable bonds is 3. The van der Waals surface area contributed by atoms with E-state index in [9.17, 15) is 4.39 Å². The van der Waals surface area contributed by atoms with Gasteiger partial charge in [-0.1, -0.05) is 53.0 Å². The first-order chi connectivity index (χ1) is 10.0. The summed E-state index contributed by atoms with van der Waals surface area (Å²) in [5.41, 5.74) is 1.77. The number of hydrogen-bond donors (Lipinski definition) is 1. The Morgan fingerprint density at radius 2 is 1.57 bits per heavy atom. The Kier molecular flexibility index (Phi) is 4.30. The molecule has 0 aliphatic heterocycles. The molecule has 0 aromatic heterocycles. The van der Waals surface area contributed by atoms with Crippen LogP contribution in [0.15, 0.2) is 36.4 Å². The predicted octanol–water partition coefficient (Wildman–Crippen LogP) is 6.14. The van der Waals surface area contributed by atoms with Crippen LogP contribution in [0.1, 0.15) is 24.3 Å². The van der Waals surface area contributed by atoms with E-state index in [4.69, 9.17) is 34.8 Å². The molecule has 0 spiro atoms. The molecule has 1 aliphatic rings. The van der Waals surface area contributed by atoms with Crippen LogP contribution in [0, 0.1) is 5.82 Å². The first-order valence-corrected chi connectivity index (χ1v) is 7.83. The van der Waals surface area contributed by atoms with Crippen molar-refractivity contribution in [3.8, 4) is 0 Å². The van der Waals surface area contributed by atoms with E-state index in [0.29, 0.717) is 21.7 Å². The van der Waals surface area contributed by atoms with Crippen molar-refractivity contribution in [2.75, 3.05) is 5.32 Å². The van der Waals surface area contributed by atoms with Gasteiger partial charge >= 0.3 is 0 Å². The molecule has 1 N–H and O–H groups in total. The molecule has 1 fully saturated rings. The zero-order valence-corrected chi connectivity index (χ0v) is 13.3. The average Bonchev–Trinajstić information content (AvgIpc) is 2.37. The third kappa shape index (κ3) is 3.13. The lowest BCUT2D eigenvalue weighted by Gasteiger charge is -2.37. The molecule has 0 atom stereocenters. The molecule has 1 saturated carbocycles. The van der Waals surface area contributed by atoms with Gasteiger partial charge in [-0.3, -0.25) is 0 Å². The third-order valence-electron chi connectivity index (χ3n) is 3.84. The SMILES string of the molecule is Fc1cc(Cl)c(NC2CC(c3ccccc3Cl)C2)c(Cl)c1. The van der Waals surface area contributed by atoms with Gasteiger partial charge in [0.2, 0.25) is 0 Å². The van der Waals surface area contributed by atoms with Gasteiger partial charge in [-0.25, -0.2) is 4.39 Å². The van der Waals surface area contributed by atoms with Gasteiger partial charge < -0.3 is 5.32 Å². The van der Waals surface area contributed by atoms with E-state index in [1.165, 1.54) is 17.7 Å². The highest BCUT2D eigenvalue weighted by molar-refractivity contribution is 6.39. The zero-order chi connectivity index (χ0) is 15.0. The van der Waals surface area contributed by atoms with E-state index in [1.54, 1.807) is 0 Å². The second-order valence-corrected chi connectivity index (χ2v) is 6.50. The van der Waals surface area contributed by atoms with E-state index in [2.05, 4.69) is 11.4 Å². The van der Waals surface area contributed by atoms with Crippen molar-refractivity contribution in [2.24, 2.45) is 0 Å². The van der Waals surface area contributed by atoms with Crippen LogP contribution >= 0.6 is 34.8 Å².